The van der Waals surface area contributed by atoms with Crippen LogP contribution >= 0.6 is 0 Å². The number of aromatic amines is 1. The number of hydrogen-bond acceptors (Lipinski definition) is 3. The van der Waals surface area contributed by atoms with Crippen molar-refractivity contribution < 1.29 is 4.79 Å². The number of nitrogens with one attached hydrogen (secondary N) is 2. The minimum Gasteiger partial charge on any atom is -0.347 e. The molecule has 0 aliphatic rings. The van der Waals surface area contributed by atoms with E-state index in [-0.39, 0.29) is 6.03 Å². The standard InChI is InChI=1S/C13H25N5O/c1-5-17(3)11(2)6-7-16-13(19)18(4)10-12-14-8-9-15-12/h8-9,11H,5-7,10H2,1-4H3,(H,14,15)(H,16,19). The number of nitrogens with zero attached hydrogens (tertiary/aromatic N) is 3. The number of imidazole rings is 1. The molecule has 6 heteroatoms. The molecule has 0 bridgehead atoms. The third kappa shape index (κ3) is 5.30. The highest BCUT2D eigenvalue weighted by Gasteiger charge is 2.11. The van der Waals surface area contributed by atoms with Gasteiger partial charge in [0.15, 0.2) is 0 Å². The smallest absolute Gasteiger partial charge is 0.317 e. The molecule has 0 aliphatic heterocycles. The van der Waals surface area contributed by atoms with Crippen LogP contribution in [0.2, 0.25) is 0 Å². The van der Waals surface area contributed by atoms with Gasteiger partial charge in [-0.1, -0.05) is 6.92 Å². The van der Waals surface area contributed by atoms with Crippen molar-refractivity contribution in [1.82, 2.24) is 25.1 Å². The summed E-state index contributed by atoms with van der Waals surface area (Å²) >= 11 is 0. The monoisotopic (exact) mass is 267 g/mol. The van der Waals surface area contributed by atoms with E-state index in [2.05, 4.69) is 41.1 Å². The van der Waals surface area contributed by atoms with Gasteiger partial charge >= 0.3 is 6.03 Å². The second-order valence-corrected chi connectivity index (χ2v) is 4.83. The Labute approximate surface area is 115 Å². The zero-order chi connectivity index (χ0) is 14.3. The Morgan fingerprint density at radius 1 is 1.53 bits per heavy atom. The first-order valence-electron chi connectivity index (χ1n) is 6.72. The fourth-order valence-corrected chi connectivity index (χ4v) is 1.74. The lowest BCUT2D eigenvalue weighted by molar-refractivity contribution is 0.202. The maximum Gasteiger partial charge on any atom is 0.317 e. The minimum atomic E-state index is -0.0669. The first-order chi connectivity index (χ1) is 9.04. The summed E-state index contributed by atoms with van der Waals surface area (Å²) in [6.45, 7) is 6.50. The van der Waals surface area contributed by atoms with Crippen molar-refractivity contribution in [3.8, 4) is 0 Å². The summed E-state index contributed by atoms with van der Waals surface area (Å²) in [5.74, 6) is 0.789. The summed E-state index contributed by atoms with van der Waals surface area (Å²) in [5, 5.41) is 2.92. The number of carbonyl (C=O) groups is 1. The highest BCUT2D eigenvalue weighted by molar-refractivity contribution is 5.73. The zero-order valence-corrected chi connectivity index (χ0v) is 12.3. The molecule has 1 unspecified atom stereocenters. The molecule has 108 valence electrons. The van der Waals surface area contributed by atoms with Gasteiger partial charge in [0.05, 0.1) is 6.54 Å². The number of urea groups is 1. The van der Waals surface area contributed by atoms with Crippen LogP contribution in [0.3, 0.4) is 0 Å². The fourth-order valence-electron chi connectivity index (χ4n) is 1.74. The SMILES string of the molecule is CCN(C)C(C)CCNC(=O)N(C)Cc1ncc[nH]1. The Balaban J connectivity index is 2.23. The maximum atomic E-state index is 11.8. The van der Waals surface area contributed by atoms with E-state index in [0.717, 1.165) is 18.8 Å². The van der Waals surface area contributed by atoms with Gasteiger partial charge in [0.1, 0.15) is 5.82 Å². The van der Waals surface area contributed by atoms with E-state index in [9.17, 15) is 4.79 Å². The summed E-state index contributed by atoms with van der Waals surface area (Å²) in [7, 11) is 3.86. The molecule has 1 aromatic rings. The Morgan fingerprint density at radius 2 is 2.26 bits per heavy atom. The van der Waals surface area contributed by atoms with Gasteiger partial charge in [-0.15, -0.1) is 0 Å². The van der Waals surface area contributed by atoms with E-state index in [0.29, 0.717) is 19.1 Å². The van der Waals surface area contributed by atoms with E-state index < -0.39 is 0 Å². The molecule has 0 spiro atoms. The molecule has 0 saturated heterocycles. The largest absolute Gasteiger partial charge is 0.347 e. The average Bonchev–Trinajstić information content (AvgIpc) is 2.90. The summed E-state index contributed by atoms with van der Waals surface area (Å²) in [4.78, 5) is 22.8. The van der Waals surface area contributed by atoms with E-state index in [1.807, 2.05) is 0 Å². The molecule has 0 radical (unpaired) electrons. The highest BCUT2D eigenvalue weighted by atomic mass is 16.2. The molecule has 1 rings (SSSR count). The van der Waals surface area contributed by atoms with Gasteiger partial charge < -0.3 is 20.1 Å². The summed E-state index contributed by atoms with van der Waals surface area (Å²) in [5.41, 5.74) is 0. The second kappa shape index (κ2) is 7.78. The molecule has 19 heavy (non-hydrogen) atoms. The second-order valence-electron chi connectivity index (χ2n) is 4.83. The average molecular weight is 267 g/mol. The predicted octanol–water partition coefficient (Wildman–Crippen LogP) is 1.28. The van der Waals surface area contributed by atoms with Crippen molar-refractivity contribution in [2.45, 2.75) is 32.9 Å². The van der Waals surface area contributed by atoms with Crippen LogP contribution in [0.1, 0.15) is 26.1 Å². The van der Waals surface area contributed by atoms with Gasteiger partial charge in [-0.3, -0.25) is 0 Å². The van der Waals surface area contributed by atoms with E-state index in [1.54, 1.807) is 24.3 Å². The number of carbonyl (C=O) groups excluding carboxylic acids is 1. The third-order valence-corrected chi connectivity index (χ3v) is 3.38. The van der Waals surface area contributed by atoms with Crippen molar-refractivity contribution in [2.24, 2.45) is 0 Å². The molecule has 2 amide bonds. The van der Waals surface area contributed by atoms with Crippen molar-refractivity contribution in [1.29, 1.82) is 0 Å². The van der Waals surface area contributed by atoms with Crippen LogP contribution in [-0.2, 0) is 6.54 Å². The summed E-state index contributed by atoms with van der Waals surface area (Å²) in [6.07, 6.45) is 4.39. The predicted molar refractivity (Wildman–Crippen MR) is 75.8 cm³/mol. The van der Waals surface area contributed by atoms with E-state index in [4.69, 9.17) is 0 Å². The van der Waals surface area contributed by atoms with Crippen LogP contribution in [0.5, 0.6) is 0 Å². The van der Waals surface area contributed by atoms with Gasteiger partial charge in [0.25, 0.3) is 0 Å². The van der Waals surface area contributed by atoms with Gasteiger partial charge in [-0.25, -0.2) is 9.78 Å². The van der Waals surface area contributed by atoms with Crippen LogP contribution in [0.15, 0.2) is 12.4 Å². The molecule has 0 saturated carbocycles. The molecule has 0 fully saturated rings. The third-order valence-electron chi connectivity index (χ3n) is 3.38. The summed E-state index contributed by atoms with van der Waals surface area (Å²) in [6, 6.07) is 0.406. The number of rotatable bonds is 7. The lowest BCUT2D eigenvalue weighted by Gasteiger charge is -2.23. The first-order valence-corrected chi connectivity index (χ1v) is 6.72. The Hall–Kier alpha value is -1.56. The molecule has 6 nitrogen and oxygen atoms in total. The molecule has 0 aliphatic carbocycles. The molecule has 2 N–H and O–H groups in total. The van der Waals surface area contributed by atoms with Crippen LogP contribution in [0.4, 0.5) is 4.79 Å². The minimum absolute atomic E-state index is 0.0669. The number of amides is 2. The van der Waals surface area contributed by atoms with Crippen molar-refractivity contribution in [3.63, 3.8) is 0 Å². The molecule has 1 heterocycles. The zero-order valence-electron chi connectivity index (χ0n) is 12.3. The van der Waals surface area contributed by atoms with Crippen LogP contribution in [0, 0.1) is 0 Å². The van der Waals surface area contributed by atoms with Crippen molar-refractivity contribution >= 4 is 6.03 Å². The lowest BCUT2D eigenvalue weighted by atomic mass is 10.2. The normalized spacial score (nSPS) is 12.5. The van der Waals surface area contributed by atoms with Crippen LogP contribution in [-0.4, -0.2) is 59.0 Å². The molecule has 1 atom stereocenters. The Morgan fingerprint density at radius 3 is 2.84 bits per heavy atom. The number of aromatic nitrogens is 2. The van der Waals surface area contributed by atoms with Crippen LogP contribution < -0.4 is 5.32 Å². The van der Waals surface area contributed by atoms with Crippen molar-refractivity contribution in [3.05, 3.63) is 18.2 Å². The van der Waals surface area contributed by atoms with Gasteiger partial charge in [0.2, 0.25) is 0 Å². The van der Waals surface area contributed by atoms with E-state index >= 15 is 0 Å². The van der Waals surface area contributed by atoms with Gasteiger partial charge in [0, 0.05) is 32.0 Å². The quantitative estimate of drug-likeness (QED) is 0.782. The molecule has 1 aromatic heterocycles. The van der Waals surface area contributed by atoms with Crippen molar-refractivity contribution in [2.75, 3.05) is 27.2 Å². The molecular formula is C13H25N5O. The van der Waals surface area contributed by atoms with Gasteiger partial charge in [-0.2, -0.15) is 0 Å². The number of hydrogen-bond donors (Lipinski definition) is 2. The maximum absolute atomic E-state index is 11.8. The van der Waals surface area contributed by atoms with Crippen LogP contribution in [0.25, 0.3) is 0 Å². The highest BCUT2D eigenvalue weighted by Crippen LogP contribution is 2.00. The Kier molecular flexibility index (Phi) is 6.35. The first kappa shape index (κ1) is 15.5. The Bertz CT molecular complexity index is 365. The fraction of sp³-hybridized carbons (Fsp3) is 0.692. The lowest BCUT2D eigenvalue weighted by Crippen LogP contribution is -2.39. The summed E-state index contributed by atoms with van der Waals surface area (Å²) < 4.78 is 0. The molecule has 0 aromatic carbocycles. The molecular weight excluding hydrogens is 242 g/mol. The van der Waals surface area contributed by atoms with Gasteiger partial charge in [-0.05, 0) is 26.9 Å². The number of H-pyrrole nitrogens is 1. The van der Waals surface area contributed by atoms with E-state index in [1.165, 1.54) is 0 Å². The topological polar surface area (TPSA) is 64.3 Å².